The summed E-state index contributed by atoms with van der Waals surface area (Å²) in [6.45, 7) is 6.35. The van der Waals surface area contributed by atoms with Crippen molar-refractivity contribution < 1.29 is 14.3 Å². The van der Waals surface area contributed by atoms with Crippen LogP contribution in [0.4, 0.5) is 5.69 Å². The Balaban J connectivity index is 2.42. The smallest absolute Gasteiger partial charge is 0.238 e. The maximum absolute atomic E-state index is 11.8. The van der Waals surface area contributed by atoms with Crippen molar-refractivity contribution in [1.29, 1.82) is 0 Å². The van der Waals surface area contributed by atoms with Crippen LogP contribution in [0.2, 0.25) is 0 Å². The van der Waals surface area contributed by atoms with E-state index in [1.807, 2.05) is 25.1 Å². The zero-order chi connectivity index (χ0) is 15.5. The van der Waals surface area contributed by atoms with E-state index in [1.54, 1.807) is 7.11 Å². The van der Waals surface area contributed by atoms with Gasteiger partial charge in [-0.3, -0.25) is 4.79 Å². The summed E-state index contributed by atoms with van der Waals surface area (Å²) in [4.78, 5) is 11.8. The highest BCUT2D eigenvalue weighted by Gasteiger charge is 2.05. The van der Waals surface area contributed by atoms with E-state index in [-0.39, 0.29) is 12.5 Å². The predicted molar refractivity (Wildman–Crippen MR) is 85.0 cm³/mol. The molecular formula is C16H26N2O3. The number of hydrogen-bond acceptors (Lipinski definition) is 4. The van der Waals surface area contributed by atoms with Gasteiger partial charge in [0.25, 0.3) is 0 Å². The van der Waals surface area contributed by atoms with E-state index >= 15 is 0 Å². The quantitative estimate of drug-likeness (QED) is 0.650. The minimum Gasteiger partial charge on any atom is -0.494 e. The highest BCUT2D eigenvalue weighted by atomic mass is 16.5. The summed E-state index contributed by atoms with van der Waals surface area (Å²) >= 11 is 0. The van der Waals surface area contributed by atoms with Crippen LogP contribution in [0, 0.1) is 6.92 Å². The molecule has 0 saturated heterocycles. The van der Waals surface area contributed by atoms with E-state index in [1.165, 1.54) is 0 Å². The molecule has 5 nitrogen and oxygen atoms in total. The molecule has 0 unspecified atom stereocenters. The molecule has 0 bridgehead atoms. The lowest BCUT2D eigenvalue weighted by Crippen LogP contribution is -2.30. The Kier molecular flexibility index (Phi) is 8.47. The number of nitrogens with one attached hydrogen (secondary N) is 2. The van der Waals surface area contributed by atoms with E-state index in [0.29, 0.717) is 13.2 Å². The van der Waals surface area contributed by atoms with Gasteiger partial charge >= 0.3 is 0 Å². The number of anilines is 1. The molecule has 0 aromatic heterocycles. The number of methoxy groups -OCH3 is 1. The lowest BCUT2D eigenvalue weighted by molar-refractivity contribution is -0.115. The second-order valence-electron chi connectivity index (χ2n) is 4.90. The van der Waals surface area contributed by atoms with E-state index in [9.17, 15) is 4.79 Å². The Hall–Kier alpha value is -1.59. The van der Waals surface area contributed by atoms with Gasteiger partial charge in [0.1, 0.15) is 5.75 Å². The number of aryl methyl sites for hydroxylation is 1. The summed E-state index contributed by atoms with van der Waals surface area (Å²) in [5.74, 6) is 0.783. The Labute approximate surface area is 127 Å². The third-order valence-corrected chi connectivity index (χ3v) is 3.01. The molecule has 1 amide bonds. The van der Waals surface area contributed by atoms with Crippen molar-refractivity contribution in [3.05, 3.63) is 23.8 Å². The van der Waals surface area contributed by atoms with E-state index in [2.05, 4.69) is 17.6 Å². The zero-order valence-corrected chi connectivity index (χ0v) is 13.2. The maximum Gasteiger partial charge on any atom is 0.238 e. The normalized spacial score (nSPS) is 10.4. The molecule has 0 fully saturated rings. The SMILES string of the molecule is CCCCOc1ccc(NC(=O)CNCCOC)c(C)c1. The topological polar surface area (TPSA) is 59.6 Å². The van der Waals surface area contributed by atoms with E-state index in [0.717, 1.165) is 36.4 Å². The van der Waals surface area contributed by atoms with Crippen LogP contribution in [-0.2, 0) is 9.53 Å². The molecule has 118 valence electrons. The van der Waals surface area contributed by atoms with Crippen LogP contribution in [0.1, 0.15) is 25.3 Å². The third kappa shape index (κ3) is 7.11. The monoisotopic (exact) mass is 294 g/mol. The first-order valence-corrected chi connectivity index (χ1v) is 7.40. The molecule has 0 heterocycles. The van der Waals surface area contributed by atoms with Gasteiger partial charge < -0.3 is 20.1 Å². The van der Waals surface area contributed by atoms with Crippen molar-refractivity contribution in [2.75, 3.05) is 38.7 Å². The zero-order valence-electron chi connectivity index (χ0n) is 13.2. The number of carbonyl (C=O) groups excluding carboxylic acids is 1. The summed E-state index contributed by atoms with van der Waals surface area (Å²) < 4.78 is 10.5. The van der Waals surface area contributed by atoms with Crippen molar-refractivity contribution >= 4 is 11.6 Å². The van der Waals surface area contributed by atoms with E-state index in [4.69, 9.17) is 9.47 Å². The molecule has 5 heteroatoms. The largest absolute Gasteiger partial charge is 0.494 e. The first-order chi connectivity index (χ1) is 10.2. The predicted octanol–water partition coefficient (Wildman–Crippen LogP) is 2.35. The second-order valence-corrected chi connectivity index (χ2v) is 4.90. The van der Waals surface area contributed by atoms with Gasteiger partial charge in [0.05, 0.1) is 19.8 Å². The second kappa shape index (κ2) is 10.2. The number of carbonyl (C=O) groups is 1. The average molecular weight is 294 g/mol. The van der Waals surface area contributed by atoms with Gasteiger partial charge in [-0.15, -0.1) is 0 Å². The molecule has 1 aromatic rings. The third-order valence-electron chi connectivity index (χ3n) is 3.01. The molecular weight excluding hydrogens is 268 g/mol. The fourth-order valence-electron chi connectivity index (χ4n) is 1.77. The van der Waals surface area contributed by atoms with E-state index < -0.39 is 0 Å². The van der Waals surface area contributed by atoms with Crippen LogP contribution in [0.15, 0.2) is 18.2 Å². The van der Waals surface area contributed by atoms with Crippen molar-refractivity contribution in [3.8, 4) is 5.75 Å². The lowest BCUT2D eigenvalue weighted by Gasteiger charge is -2.11. The number of amides is 1. The number of hydrogen-bond donors (Lipinski definition) is 2. The van der Waals surface area contributed by atoms with Crippen molar-refractivity contribution in [2.45, 2.75) is 26.7 Å². The summed E-state index contributed by atoms with van der Waals surface area (Å²) in [5, 5.41) is 5.89. The van der Waals surface area contributed by atoms with Gasteiger partial charge in [-0.05, 0) is 37.1 Å². The van der Waals surface area contributed by atoms with Gasteiger partial charge in [0.2, 0.25) is 5.91 Å². The maximum atomic E-state index is 11.8. The van der Waals surface area contributed by atoms with Gasteiger partial charge in [-0.2, -0.15) is 0 Å². The Morgan fingerprint density at radius 2 is 2.10 bits per heavy atom. The molecule has 1 rings (SSSR count). The van der Waals surface area contributed by atoms with Crippen molar-refractivity contribution in [2.24, 2.45) is 0 Å². The van der Waals surface area contributed by atoms with Crippen molar-refractivity contribution in [3.63, 3.8) is 0 Å². The number of benzene rings is 1. The molecule has 21 heavy (non-hydrogen) atoms. The van der Waals surface area contributed by atoms with Crippen LogP contribution >= 0.6 is 0 Å². The fourth-order valence-corrected chi connectivity index (χ4v) is 1.77. The molecule has 0 atom stereocenters. The molecule has 0 spiro atoms. The van der Waals surface area contributed by atoms with Crippen LogP contribution in [0.5, 0.6) is 5.75 Å². The Morgan fingerprint density at radius 3 is 2.76 bits per heavy atom. The van der Waals surface area contributed by atoms with Gasteiger partial charge in [0, 0.05) is 19.3 Å². The van der Waals surface area contributed by atoms with Gasteiger partial charge in [0.15, 0.2) is 0 Å². The first-order valence-electron chi connectivity index (χ1n) is 7.40. The highest BCUT2D eigenvalue weighted by Crippen LogP contribution is 2.21. The minimum atomic E-state index is -0.0612. The van der Waals surface area contributed by atoms with Crippen LogP contribution < -0.4 is 15.4 Å². The summed E-state index contributed by atoms with van der Waals surface area (Å²) in [6, 6.07) is 5.71. The molecule has 0 aliphatic rings. The van der Waals surface area contributed by atoms with Gasteiger partial charge in [-0.25, -0.2) is 0 Å². The molecule has 2 N–H and O–H groups in total. The Bertz CT molecular complexity index is 436. The number of rotatable bonds is 10. The standard InChI is InChI=1S/C16H26N2O3/c1-4-5-9-21-14-6-7-15(13(2)11-14)18-16(19)12-17-8-10-20-3/h6-7,11,17H,4-5,8-10,12H2,1-3H3,(H,18,19). The average Bonchev–Trinajstić information content (AvgIpc) is 2.47. The molecule has 0 aliphatic carbocycles. The summed E-state index contributed by atoms with van der Waals surface area (Å²) in [5.41, 5.74) is 1.81. The first kappa shape index (κ1) is 17.5. The molecule has 0 radical (unpaired) electrons. The van der Waals surface area contributed by atoms with Gasteiger partial charge in [-0.1, -0.05) is 13.3 Å². The fraction of sp³-hybridized carbons (Fsp3) is 0.562. The minimum absolute atomic E-state index is 0.0612. The number of ether oxygens (including phenoxy) is 2. The highest BCUT2D eigenvalue weighted by molar-refractivity contribution is 5.93. The summed E-state index contributed by atoms with van der Waals surface area (Å²) in [6.07, 6.45) is 2.16. The lowest BCUT2D eigenvalue weighted by atomic mass is 10.2. The van der Waals surface area contributed by atoms with Crippen LogP contribution in [-0.4, -0.2) is 39.3 Å². The van der Waals surface area contributed by atoms with Crippen LogP contribution in [0.3, 0.4) is 0 Å². The molecule has 0 saturated carbocycles. The molecule has 1 aromatic carbocycles. The summed E-state index contributed by atoms with van der Waals surface area (Å²) in [7, 11) is 1.63. The molecule has 0 aliphatic heterocycles. The number of unbranched alkanes of at least 4 members (excludes halogenated alkanes) is 1. The van der Waals surface area contributed by atoms with Crippen molar-refractivity contribution in [1.82, 2.24) is 5.32 Å². The van der Waals surface area contributed by atoms with Crippen LogP contribution in [0.25, 0.3) is 0 Å². The Morgan fingerprint density at radius 1 is 1.29 bits per heavy atom.